The molecule has 5 heteroatoms. The highest BCUT2D eigenvalue weighted by molar-refractivity contribution is 6.31. The Kier molecular flexibility index (Phi) is 6.52. The first-order valence-corrected chi connectivity index (χ1v) is 8.58. The zero-order valence-corrected chi connectivity index (χ0v) is 14.4. The van der Waals surface area contributed by atoms with Crippen molar-refractivity contribution in [1.82, 2.24) is 20.0 Å². The second-order valence-corrected chi connectivity index (χ2v) is 6.81. The number of aromatic nitrogens is 2. The quantitative estimate of drug-likeness (QED) is 0.721. The standard InChI is InChI=1S/C16H29ClN4/c1-4-9-18-15(13-5-6-13)7-8-16-14(17)12-19-21(16)11-10-20(2)3/h12-13,15,18H,4-11H2,1-3H3. The van der Waals surface area contributed by atoms with Crippen molar-refractivity contribution in [1.29, 1.82) is 0 Å². The lowest BCUT2D eigenvalue weighted by molar-refractivity contribution is 0.366. The van der Waals surface area contributed by atoms with Gasteiger partial charge in [0.1, 0.15) is 0 Å². The molecule has 1 heterocycles. The Labute approximate surface area is 133 Å². The van der Waals surface area contributed by atoms with Crippen LogP contribution in [0.3, 0.4) is 0 Å². The minimum absolute atomic E-state index is 0.651. The number of hydrogen-bond donors (Lipinski definition) is 1. The molecule has 120 valence electrons. The molecule has 1 aliphatic rings. The summed E-state index contributed by atoms with van der Waals surface area (Å²) in [5.74, 6) is 0.883. The summed E-state index contributed by atoms with van der Waals surface area (Å²) in [6.45, 7) is 5.25. The van der Waals surface area contributed by atoms with Gasteiger partial charge in [-0.2, -0.15) is 5.10 Å². The van der Waals surface area contributed by atoms with Crippen molar-refractivity contribution >= 4 is 11.6 Å². The van der Waals surface area contributed by atoms with E-state index in [1.807, 2.05) is 0 Å². The van der Waals surface area contributed by atoms with E-state index in [2.05, 4.69) is 41.0 Å². The van der Waals surface area contributed by atoms with Gasteiger partial charge in [0.15, 0.2) is 0 Å². The van der Waals surface area contributed by atoms with Crippen molar-refractivity contribution in [3.05, 3.63) is 16.9 Å². The molecule has 1 fully saturated rings. The Bertz CT molecular complexity index is 426. The van der Waals surface area contributed by atoms with Crippen LogP contribution in [0, 0.1) is 5.92 Å². The maximum atomic E-state index is 6.33. The van der Waals surface area contributed by atoms with Crippen molar-refractivity contribution in [2.45, 2.75) is 51.6 Å². The van der Waals surface area contributed by atoms with Crippen molar-refractivity contribution in [3.63, 3.8) is 0 Å². The fourth-order valence-electron chi connectivity index (χ4n) is 2.75. The van der Waals surface area contributed by atoms with Crippen LogP contribution in [0.5, 0.6) is 0 Å². The van der Waals surface area contributed by atoms with E-state index in [1.54, 1.807) is 6.20 Å². The van der Waals surface area contributed by atoms with Gasteiger partial charge in [-0.05, 0) is 58.7 Å². The number of halogens is 1. The molecule has 0 radical (unpaired) electrons. The third-order valence-electron chi connectivity index (χ3n) is 4.20. The van der Waals surface area contributed by atoms with E-state index < -0.39 is 0 Å². The van der Waals surface area contributed by atoms with E-state index in [1.165, 1.54) is 25.0 Å². The number of rotatable bonds is 10. The van der Waals surface area contributed by atoms with Gasteiger partial charge in [0.2, 0.25) is 0 Å². The fourth-order valence-corrected chi connectivity index (χ4v) is 2.98. The smallest absolute Gasteiger partial charge is 0.0817 e. The summed E-state index contributed by atoms with van der Waals surface area (Å²) in [5.41, 5.74) is 1.20. The largest absolute Gasteiger partial charge is 0.314 e. The normalized spacial score (nSPS) is 16.6. The molecule has 1 aromatic heterocycles. The first-order valence-electron chi connectivity index (χ1n) is 8.20. The molecule has 0 aromatic carbocycles. The predicted octanol–water partition coefficient (Wildman–Crippen LogP) is 2.81. The Morgan fingerprint density at radius 3 is 2.86 bits per heavy atom. The Hall–Kier alpha value is -0.580. The van der Waals surface area contributed by atoms with E-state index in [4.69, 9.17) is 11.6 Å². The SMILES string of the molecule is CCCNC(CCc1c(Cl)cnn1CCN(C)C)C1CC1. The second-order valence-electron chi connectivity index (χ2n) is 6.40. The molecule has 0 aliphatic heterocycles. The molecule has 2 rings (SSSR count). The molecule has 1 aliphatic carbocycles. The van der Waals surface area contributed by atoms with Gasteiger partial charge in [0, 0.05) is 12.6 Å². The van der Waals surface area contributed by atoms with Crippen LogP contribution >= 0.6 is 11.6 Å². The Morgan fingerprint density at radius 1 is 1.48 bits per heavy atom. The third-order valence-corrected chi connectivity index (χ3v) is 4.51. The molecule has 21 heavy (non-hydrogen) atoms. The highest BCUT2D eigenvalue weighted by atomic mass is 35.5. The van der Waals surface area contributed by atoms with E-state index in [9.17, 15) is 0 Å². The zero-order chi connectivity index (χ0) is 15.2. The van der Waals surface area contributed by atoms with Gasteiger partial charge in [-0.25, -0.2) is 0 Å². The molecule has 1 saturated carbocycles. The average molecular weight is 313 g/mol. The van der Waals surface area contributed by atoms with Gasteiger partial charge < -0.3 is 10.2 Å². The average Bonchev–Trinajstić information content (AvgIpc) is 3.22. The monoisotopic (exact) mass is 312 g/mol. The van der Waals surface area contributed by atoms with Crippen LogP contribution in [0.25, 0.3) is 0 Å². The molecule has 0 bridgehead atoms. The van der Waals surface area contributed by atoms with Crippen molar-refractivity contribution in [2.24, 2.45) is 5.92 Å². The summed E-state index contributed by atoms with van der Waals surface area (Å²) in [6.07, 6.45) is 7.94. The molecular formula is C16H29ClN4. The van der Waals surface area contributed by atoms with Crippen LogP contribution in [-0.4, -0.2) is 47.9 Å². The highest BCUT2D eigenvalue weighted by Gasteiger charge is 2.30. The number of nitrogens with zero attached hydrogens (tertiary/aromatic N) is 3. The van der Waals surface area contributed by atoms with Gasteiger partial charge in [-0.1, -0.05) is 18.5 Å². The van der Waals surface area contributed by atoms with Gasteiger partial charge in [0.05, 0.1) is 23.5 Å². The highest BCUT2D eigenvalue weighted by Crippen LogP contribution is 2.34. The summed E-state index contributed by atoms with van der Waals surface area (Å²) >= 11 is 6.33. The van der Waals surface area contributed by atoms with Crippen molar-refractivity contribution < 1.29 is 0 Å². The Balaban J connectivity index is 1.90. The van der Waals surface area contributed by atoms with E-state index in [-0.39, 0.29) is 0 Å². The van der Waals surface area contributed by atoms with Crippen LogP contribution < -0.4 is 5.32 Å². The number of nitrogens with one attached hydrogen (secondary N) is 1. The molecule has 0 amide bonds. The van der Waals surface area contributed by atoms with Gasteiger partial charge >= 0.3 is 0 Å². The topological polar surface area (TPSA) is 33.1 Å². The van der Waals surface area contributed by atoms with Crippen LogP contribution in [0.4, 0.5) is 0 Å². The molecule has 1 atom stereocenters. The Morgan fingerprint density at radius 2 is 2.24 bits per heavy atom. The third kappa shape index (κ3) is 5.28. The second kappa shape index (κ2) is 8.16. The molecule has 0 spiro atoms. The van der Waals surface area contributed by atoms with Gasteiger partial charge in [0.25, 0.3) is 0 Å². The molecular weight excluding hydrogens is 284 g/mol. The molecule has 1 aromatic rings. The lowest BCUT2D eigenvalue weighted by Gasteiger charge is -2.18. The number of likely N-dealkylation sites (N-methyl/N-ethyl adjacent to an activating group) is 1. The van der Waals surface area contributed by atoms with Crippen molar-refractivity contribution in [3.8, 4) is 0 Å². The predicted molar refractivity (Wildman–Crippen MR) is 88.9 cm³/mol. The summed E-state index contributed by atoms with van der Waals surface area (Å²) < 4.78 is 2.08. The summed E-state index contributed by atoms with van der Waals surface area (Å²) in [7, 11) is 4.17. The number of hydrogen-bond acceptors (Lipinski definition) is 3. The van der Waals surface area contributed by atoms with Crippen LogP contribution in [0.2, 0.25) is 5.02 Å². The van der Waals surface area contributed by atoms with Crippen LogP contribution in [0.15, 0.2) is 6.20 Å². The van der Waals surface area contributed by atoms with Crippen LogP contribution in [0.1, 0.15) is 38.3 Å². The zero-order valence-electron chi connectivity index (χ0n) is 13.6. The lowest BCUT2D eigenvalue weighted by Crippen LogP contribution is -2.32. The maximum Gasteiger partial charge on any atom is 0.0817 e. The van der Waals surface area contributed by atoms with Gasteiger partial charge in [-0.15, -0.1) is 0 Å². The van der Waals surface area contributed by atoms with E-state index in [0.717, 1.165) is 43.4 Å². The van der Waals surface area contributed by atoms with Crippen molar-refractivity contribution in [2.75, 3.05) is 27.2 Å². The molecule has 1 unspecified atom stereocenters. The fraction of sp³-hybridized carbons (Fsp3) is 0.812. The minimum Gasteiger partial charge on any atom is -0.314 e. The summed E-state index contributed by atoms with van der Waals surface area (Å²) in [6, 6.07) is 0.651. The first kappa shape index (κ1) is 16.8. The lowest BCUT2D eigenvalue weighted by atomic mass is 10.0. The first-order chi connectivity index (χ1) is 10.1. The maximum absolute atomic E-state index is 6.33. The summed E-state index contributed by atoms with van der Waals surface area (Å²) in [4.78, 5) is 2.18. The van der Waals surface area contributed by atoms with Crippen LogP contribution in [-0.2, 0) is 13.0 Å². The minimum atomic E-state index is 0.651. The van der Waals surface area contributed by atoms with E-state index in [0.29, 0.717) is 6.04 Å². The molecule has 4 nitrogen and oxygen atoms in total. The van der Waals surface area contributed by atoms with E-state index >= 15 is 0 Å². The van der Waals surface area contributed by atoms with Gasteiger partial charge in [-0.3, -0.25) is 4.68 Å². The molecule has 0 saturated heterocycles. The molecule has 1 N–H and O–H groups in total. The summed E-state index contributed by atoms with van der Waals surface area (Å²) in [5, 5.41) is 8.95.